The maximum Gasteiger partial charge on any atom is 0.270 e. The number of hydrogen-bond donors (Lipinski definition) is 1. The Balaban J connectivity index is 0.000000343. The third kappa shape index (κ3) is 8.91. The minimum atomic E-state index is -2.88. The number of nitrogens with one attached hydrogen (secondary N) is 1. The largest absolute Gasteiger partial charge is 0.298 e. The van der Waals surface area contributed by atoms with Crippen LogP contribution in [0.3, 0.4) is 0 Å². The van der Waals surface area contributed by atoms with Gasteiger partial charge < -0.3 is 0 Å². The minimum Gasteiger partial charge on any atom is -0.298 e. The van der Waals surface area contributed by atoms with Gasteiger partial charge >= 0.3 is 0 Å². The van der Waals surface area contributed by atoms with Gasteiger partial charge in [0, 0.05) is 36.6 Å². The first-order valence-corrected chi connectivity index (χ1v) is 10.8. The Bertz CT molecular complexity index is 899. The van der Waals surface area contributed by atoms with E-state index in [-0.39, 0.29) is 27.5 Å². The fourth-order valence-corrected chi connectivity index (χ4v) is 3.18. The standard InChI is InChI=1S/C14H21F2NOS.C9H8F2O/c1-10(17-19(18)13(2,3)4)11-7-6-8-12(9-11)14(5,15)16;1-9(10,11)8-4-2-3-7(5-8)6-12/h6-10,17H,1-5H3;2-6H,1H3/t10-,19+;/m1./s1. The van der Waals surface area contributed by atoms with Crippen molar-refractivity contribution in [2.24, 2.45) is 0 Å². The predicted octanol–water partition coefficient (Wildman–Crippen LogP) is 6.52. The number of alkyl halides is 4. The molecule has 3 nitrogen and oxygen atoms in total. The third-order valence-corrected chi connectivity index (χ3v) is 5.94. The fraction of sp³-hybridized carbons (Fsp3) is 0.435. The summed E-state index contributed by atoms with van der Waals surface area (Å²) in [6, 6.07) is 11.4. The van der Waals surface area contributed by atoms with E-state index in [4.69, 9.17) is 0 Å². The maximum absolute atomic E-state index is 13.3. The van der Waals surface area contributed by atoms with Gasteiger partial charge in [0.25, 0.3) is 11.8 Å². The highest BCUT2D eigenvalue weighted by molar-refractivity contribution is 7.84. The lowest BCUT2D eigenvalue weighted by molar-refractivity contribution is 0.0167. The Morgan fingerprint density at radius 1 is 0.871 bits per heavy atom. The molecule has 31 heavy (non-hydrogen) atoms. The second-order valence-corrected chi connectivity index (χ2v) is 10.4. The van der Waals surface area contributed by atoms with Crippen molar-refractivity contribution in [1.29, 1.82) is 0 Å². The highest BCUT2D eigenvalue weighted by Crippen LogP contribution is 2.29. The average Bonchev–Trinajstić information content (AvgIpc) is 2.66. The van der Waals surface area contributed by atoms with Crippen molar-refractivity contribution < 1.29 is 26.6 Å². The summed E-state index contributed by atoms with van der Waals surface area (Å²) >= 11 is 0. The van der Waals surface area contributed by atoms with Crippen molar-refractivity contribution in [2.45, 2.75) is 64.2 Å². The van der Waals surface area contributed by atoms with Crippen LogP contribution in [0, 0.1) is 0 Å². The van der Waals surface area contributed by atoms with Crippen LogP contribution in [-0.2, 0) is 22.8 Å². The number of carbonyl (C=O) groups excluding carboxylic acids is 1. The molecule has 2 aromatic carbocycles. The molecule has 0 radical (unpaired) electrons. The molecular formula is C23H29F4NO2S. The summed E-state index contributed by atoms with van der Waals surface area (Å²) in [5, 5.41) is 0. The summed E-state index contributed by atoms with van der Waals surface area (Å²) in [6.45, 7) is 9.07. The van der Waals surface area contributed by atoms with Gasteiger partial charge in [-0.05, 0) is 45.4 Å². The molecule has 0 fully saturated rings. The SMILES string of the molecule is CC(F)(F)c1cccc(C=O)c1.C[C@@H](N[S@@](=O)C(C)(C)C)c1cccc(C(C)(F)F)c1. The fourth-order valence-electron chi connectivity index (χ4n) is 2.37. The molecule has 0 unspecified atom stereocenters. The second kappa shape index (κ2) is 10.5. The van der Waals surface area contributed by atoms with Crippen LogP contribution in [0.5, 0.6) is 0 Å². The van der Waals surface area contributed by atoms with Crippen molar-refractivity contribution in [3.05, 3.63) is 70.8 Å². The Hall–Kier alpha value is -2.06. The molecule has 0 spiro atoms. The van der Waals surface area contributed by atoms with Crippen LogP contribution in [-0.4, -0.2) is 15.2 Å². The van der Waals surface area contributed by atoms with E-state index < -0.39 is 22.8 Å². The van der Waals surface area contributed by atoms with Gasteiger partial charge in [-0.25, -0.2) is 26.5 Å². The predicted molar refractivity (Wildman–Crippen MR) is 117 cm³/mol. The molecule has 2 atom stereocenters. The molecule has 1 N–H and O–H groups in total. The van der Waals surface area contributed by atoms with Crippen LogP contribution in [0.1, 0.15) is 74.6 Å². The van der Waals surface area contributed by atoms with E-state index in [0.717, 1.165) is 13.8 Å². The van der Waals surface area contributed by atoms with Crippen molar-refractivity contribution in [3.63, 3.8) is 0 Å². The molecule has 0 bridgehead atoms. The van der Waals surface area contributed by atoms with Crippen molar-refractivity contribution in [1.82, 2.24) is 4.72 Å². The normalized spacial score (nSPS) is 14.3. The smallest absolute Gasteiger partial charge is 0.270 e. The first-order valence-electron chi connectivity index (χ1n) is 9.65. The first-order chi connectivity index (χ1) is 14.1. The van der Waals surface area contributed by atoms with E-state index in [9.17, 15) is 26.6 Å². The van der Waals surface area contributed by atoms with Gasteiger partial charge in [0.2, 0.25) is 0 Å². The van der Waals surface area contributed by atoms with Crippen LogP contribution < -0.4 is 4.72 Å². The van der Waals surface area contributed by atoms with Gasteiger partial charge in [0.15, 0.2) is 0 Å². The summed E-state index contributed by atoms with van der Waals surface area (Å²) in [5.41, 5.74) is 0.818. The Labute approximate surface area is 183 Å². The summed E-state index contributed by atoms with van der Waals surface area (Å²) in [4.78, 5) is 10.2. The summed E-state index contributed by atoms with van der Waals surface area (Å²) in [6.07, 6.45) is 0.551. The second-order valence-electron chi connectivity index (χ2n) is 8.37. The molecule has 8 heteroatoms. The number of rotatable bonds is 6. The lowest BCUT2D eigenvalue weighted by atomic mass is 10.0. The van der Waals surface area contributed by atoms with E-state index in [1.807, 2.05) is 27.7 Å². The lowest BCUT2D eigenvalue weighted by Crippen LogP contribution is -2.34. The lowest BCUT2D eigenvalue weighted by Gasteiger charge is -2.22. The summed E-state index contributed by atoms with van der Waals surface area (Å²) < 4.78 is 66.4. The molecular weight excluding hydrogens is 430 g/mol. The van der Waals surface area contributed by atoms with E-state index >= 15 is 0 Å². The third-order valence-electron chi connectivity index (χ3n) is 4.26. The Kier molecular flexibility index (Phi) is 9.14. The maximum atomic E-state index is 13.3. The molecule has 0 amide bonds. The summed E-state index contributed by atoms with van der Waals surface area (Å²) in [7, 11) is -1.23. The van der Waals surface area contributed by atoms with Crippen molar-refractivity contribution >= 4 is 17.3 Å². The zero-order chi connectivity index (χ0) is 24.0. The molecule has 0 aromatic heterocycles. The van der Waals surface area contributed by atoms with Crippen LogP contribution in [0.15, 0.2) is 48.5 Å². The number of aldehydes is 1. The molecule has 0 heterocycles. The molecule has 172 valence electrons. The Morgan fingerprint density at radius 3 is 1.81 bits per heavy atom. The molecule has 0 saturated carbocycles. The van der Waals surface area contributed by atoms with Crippen LogP contribution in [0.4, 0.5) is 17.6 Å². The zero-order valence-electron chi connectivity index (χ0n) is 18.5. The first kappa shape index (κ1) is 27.0. The van der Waals surface area contributed by atoms with Gasteiger partial charge in [-0.1, -0.05) is 36.4 Å². The van der Waals surface area contributed by atoms with Crippen molar-refractivity contribution in [2.75, 3.05) is 0 Å². The van der Waals surface area contributed by atoms with Gasteiger partial charge in [-0.15, -0.1) is 0 Å². The monoisotopic (exact) mass is 459 g/mol. The molecule has 0 aliphatic heterocycles. The minimum absolute atomic E-state index is 0.0276. The van der Waals surface area contributed by atoms with Crippen molar-refractivity contribution in [3.8, 4) is 0 Å². The zero-order valence-corrected chi connectivity index (χ0v) is 19.3. The molecule has 0 saturated heterocycles. The van der Waals surface area contributed by atoms with Gasteiger partial charge in [-0.3, -0.25) is 4.79 Å². The molecule has 0 aliphatic rings. The van der Waals surface area contributed by atoms with Crippen LogP contribution in [0.25, 0.3) is 0 Å². The Morgan fingerprint density at radius 2 is 1.35 bits per heavy atom. The van der Waals surface area contributed by atoms with E-state index in [0.29, 0.717) is 11.8 Å². The quantitative estimate of drug-likeness (QED) is 0.395. The van der Waals surface area contributed by atoms with Crippen LogP contribution >= 0.6 is 0 Å². The average molecular weight is 460 g/mol. The highest BCUT2D eigenvalue weighted by atomic mass is 32.2. The topological polar surface area (TPSA) is 46.2 Å². The number of carbonyl (C=O) groups is 1. The number of benzene rings is 2. The van der Waals surface area contributed by atoms with E-state index in [1.165, 1.54) is 36.4 Å². The molecule has 0 aliphatic carbocycles. The van der Waals surface area contributed by atoms with E-state index in [1.54, 1.807) is 12.1 Å². The molecule has 2 aromatic rings. The van der Waals surface area contributed by atoms with Crippen LogP contribution in [0.2, 0.25) is 0 Å². The van der Waals surface area contributed by atoms with Gasteiger partial charge in [0.1, 0.15) is 6.29 Å². The van der Waals surface area contributed by atoms with Gasteiger partial charge in [-0.2, -0.15) is 0 Å². The number of halogens is 4. The van der Waals surface area contributed by atoms with Gasteiger partial charge in [0.05, 0.1) is 15.7 Å². The molecule has 2 rings (SSSR count). The highest BCUT2D eigenvalue weighted by Gasteiger charge is 2.26. The van der Waals surface area contributed by atoms with E-state index in [2.05, 4.69) is 4.72 Å². The number of hydrogen-bond acceptors (Lipinski definition) is 2. The summed E-state index contributed by atoms with van der Waals surface area (Å²) in [5.74, 6) is -5.74.